The van der Waals surface area contributed by atoms with E-state index in [9.17, 15) is 18.0 Å². The highest BCUT2D eigenvalue weighted by atomic mass is 35.5. The highest BCUT2D eigenvalue weighted by Gasteiger charge is 2.34. The molecule has 2 saturated heterocycles. The predicted octanol–water partition coefficient (Wildman–Crippen LogP) is 2.18. The van der Waals surface area contributed by atoms with E-state index in [2.05, 4.69) is 0 Å². The van der Waals surface area contributed by atoms with Crippen LogP contribution in [-0.4, -0.2) is 80.4 Å². The quantitative estimate of drug-likeness (QED) is 0.676. The van der Waals surface area contributed by atoms with E-state index in [1.165, 1.54) is 4.31 Å². The highest BCUT2D eigenvalue weighted by molar-refractivity contribution is 7.88. The standard InChI is InChI=1S/C20H28ClN3O5S/c1-2-29-20(26)23-13-11-22(12-14-23)19(25)16-7-9-24(10-8-16)30(27,28)15-17-5-3-4-6-18(17)21/h3-6,16H,2,7-15H2,1H3. The van der Waals surface area contributed by atoms with E-state index in [4.69, 9.17) is 16.3 Å². The first-order valence-electron chi connectivity index (χ1n) is 10.2. The molecular weight excluding hydrogens is 430 g/mol. The number of nitrogens with zero attached hydrogens (tertiary/aromatic N) is 3. The molecule has 0 aromatic heterocycles. The van der Waals surface area contributed by atoms with Crippen LogP contribution >= 0.6 is 11.6 Å². The summed E-state index contributed by atoms with van der Waals surface area (Å²) in [5, 5.41) is 0.438. The molecule has 2 heterocycles. The summed E-state index contributed by atoms with van der Waals surface area (Å²) in [5.41, 5.74) is 0.580. The van der Waals surface area contributed by atoms with E-state index in [1.807, 2.05) is 0 Å². The first-order valence-corrected chi connectivity index (χ1v) is 12.2. The molecule has 1 aromatic carbocycles. The van der Waals surface area contributed by atoms with Crippen LogP contribution in [0.4, 0.5) is 4.79 Å². The Bertz CT molecular complexity index is 863. The molecule has 0 bridgehead atoms. The van der Waals surface area contributed by atoms with Gasteiger partial charge in [0, 0.05) is 50.2 Å². The van der Waals surface area contributed by atoms with E-state index < -0.39 is 10.0 Å². The third kappa shape index (κ3) is 5.44. The Kier molecular flexibility index (Phi) is 7.60. The van der Waals surface area contributed by atoms with Crippen LogP contribution in [0.1, 0.15) is 25.3 Å². The van der Waals surface area contributed by atoms with Crippen molar-refractivity contribution < 1.29 is 22.7 Å². The summed E-state index contributed by atoms with van der Waals surface area (Å²) in [6, 6.07) is 6.93. The van der Waals surface area contributed by atoms with Crippen molar-refractivity contribution >= 4 is 33.6 Å². The molecule has 0 atom stereocenters. The van der Waals surface area contributed by atoms with Crippen molar-refractivity contribution in [2.24, 2.45) is 5.92 Å². The fraction of sp³-hybridized carbons (Fsp3) is 0.600. The lowest BCUT2D eigenvalue weighted by Gasteiger charge is -2.38. The highest BCUT2D eigenvalue weighted by Crippen LogP contribution is 2.25. The molecule has 2 aliphatic heterocycles. The Morgan fingerprint density at radius 3 is 2.23 bits per heavy atom. The van der Waals surface area contributed by atoms with Crippen LogP contribution in [0.5, 0.6) is 0 Å². The van der Waals surface area contributed by atoms with Crippen LogP contribution in [0.2, 0.25) is 5.02 Å². The molecule has 2 amide bonds. The number of carbonyl (C=O) groups is 2. The Balaban J connectivity index is 1.50. The van der Waals surface area contributed by atoms with Crippen molar-refractivity contribution in [3.8, 4) is 0 Å². The lowest BCUT2D eigenvalue weighted by atomic mass is 9.96. The molecule has 1 aromatic rings. The molecule has 0 aliphatic carbocycles. The second kappa shape index (κ2) is 9.98. The summed E-state index contributed by atoms with van der Waals surface area (Å²) in [5.74, 6) is -0.284. The van der Waals surface area contributed by atoms with Crippen molar-refractivity contribution in [3.05, 3.63) is 34.9 Å². The van der Waals surface area contributed by atoms with Crippen LogP contribution in [-0.2, 0) is 25.3 Å². The summed E-state index contributed by atoms with van der Waals surface area (Å²) >= 11 is 6.10. The molecule has 2 aliphatic rings. The van der Waals surface area contributed by atoms with Gasteiger partial charge in [0.25, 0.3) is 0 Å². The zero-order chi connectivity index (χ0) is 21.7. The van der Waals surface area contributed by atoms with Crippen LogP contribution in [0.15, 0.2) is 24.3 Å². The van der Waals surface area contributed by atoms with Crippen LogP contribution < -0.4 is 0 Å². The summed E-state index contributed by atoms with van der Waals surface area (Å²) in [6.07, 6.45) is 0.652. The molecule has 0 unspecified atom stereocenters. The van der Waals surface area contributed by atoms with Gasteiger partial charge in [-0.2, -0.15) is 0 Å². The average Bonchev–Trinajstić information content (AvgIpc) is 2.75. The van der Waals surface area contributed by atoms with Gasteiger partial charge >= 0.3 is 6.09 Å². The maximum Gasteiger partial charge on any atom is 0.409 e. The topological polar surface area (TPSA) is 87.2 Å². The number of ether oxygens (including phenoxy) is 1. The fourth-order valence-electron chi connectivity index (χ4n) is 3.87. The molecule has 0 spiro atoms. The third-order valence-electron chi connectivity index (χ3n) is 5.61. The maximum atomic E-state index is 12.9. The Hall–Kier alpha value is -1.84. The summed E-state index contributed by atoms with van der Waals surface area (Å²) < 4.78 is 32.0. The number of amides is 2. The number of benzene rings is 1. The first kappa shape index (κ1) is 22.8. The van der Waals surface area contributed by atoms with Crippen molar-refractivity contribution in [3.63, 3.8) is 0 Å². The number of sulfonamides is 1. The Labute approximate surface area is 182 Å². The lowest BCUT2D eigenvalue weighted by Crippen LogP contribution is -2.53. The minimum Gasteiger partial charge on any atom is -0.450 e. The minimum absolute atomic E-state index is 0.0432. The number of piperazine rings is 1. The fourth-order valence-corrected chi connectivity index (χ4v) is 5.74. The van der Waals surface area contributed by atoms with Crippen molar-refractivity contribution in [1.29, 1.82) is 0 Å². The number of hydrogen-bond donors (Lipinski definition) is 0. The average molecular weight is 458 g/mol. The van der Waals surface area contributed by atoms with Gasteiger partial charge in [0.1, 0.15) is 0 Å². The van der Waals surface area contributed by atoms with Crippen LogP contribution in [0.25, 0.3) is 0 Å². The second-order valence-electron chi connectivity index (χ2n) is 7.53. The van der Waals surface area contributed by atoms with Gasteiger partial charge in [-0.05, 0) is 31.4 Å². The van der Waals surface area contributed by atoms with Gasteiger partial charge in [0.2, 0.25) is 15.9 Å². The Morgan fingerprint density at radius 1 is 1.03 bits per heavy atom. The molecular formula is C20H28ClN3O5S. The molecule has 8 nitrogen and oxygen atoms in total. The number of halogens is 1. The maximum absolute atomic E-state index is 12.9. The van der Waals surface area contributed by atoms with Gasteiger partial charge in [-0.1, -0.05) is 29.8 Å². The summed E-state index contributed by atoms with van der Waals surface area (Å²) in [4.78, 5) is 28.0. The van der Waals surface area contributed by atoms with E-state index in [0.717, 1.165) is 0 Å². The molecule has 0 N–H and O–H groups in total. The monoisotopic (exact) mass is 457 g/mol. The SMILES string of the molecule is CCOC(=O)N1CCN(C(=O)C2CCN(S(=O)(=O)Cc3ccccc3Cl)CC2)CC1. The third-order valence-corrected chi connectivity index (χ3v) is 7.81. The molecule has 2 fully saturated rings. The largest absolute Gasteiger partial charge is 0.450 e. The summed E-state index contributed by atoms with van der Waals surface area (Å²) in [7, 11) is -3.49. The second-order valence-corrected chi connectivity index (χ2v) is 9.91. The van der Waals surface area contributed by atoms with E-state index in [-0.39, 0.29) is 23.7 Å². The summed E-state index contributed by atoms with van der Waals surface area (Å²) in [6.45, 7) is 4.60. The first-order chi connectivity index (χ1) is 14.3. The molecule has 30 heavy (non-hydrogen) atoms. The van der Waals surface area contributed by atoms with Crippen molar-refractivity contribution in [2.75, 3.05) is 45.9 Å². The predicted molar refractivity (Wildman–Crippen MR) is 114 cm³/mol. The zero-order valence-electron chi connectivity index (χ0n) is 17.1. The number of hydrogen-bond acceptors (Lipinski definition) is 5. The zero-order valence-corrected chi connectivity index (χ0v) is 18.7. The molecule has 0 saturated carbocycles. The normalized spacial score (nSPS) is 19.0. The van der Waals surface area contributed by atoms with Gasteiger partial charge < -0.3 is 14.5 Å². The van der Waals surface area contributed by atoms with Crippen molar-refractivity contribution in [1.82, 2.24) is 14.1 Å². The molecule has 0 radical (unpaired) electrons. The van der Waals surface area contributed by atoms with E-state index in [1.54, 1.807) is 41.0 Å². The number of carbonyl (C=O) groups excluding carboxylic acids is 2. The molecule has 166 valence electrons. The lowest BCUT2D eigenvalue weighted by molar-refractivity contribution is -0.138. The van der Waals surface area contributed by atoms with Gasteiger partial charge in [-0.25, -0.2) is 17.5 Å². The van der Waals surface area contributed by atoms with Crippen LogP contribution in [0, 0.1) is 5.92 Å². The minimum atomic E-state index is -3.49. The number of rotatable bonds is 5. The molecule has 10 heteroatoms. The van der Waals surface area contributed by atoms with E-state index >= 15 is 0 Å². The van der Waals surface area contributed by atoms with Gasteiger partial charge in [0.05, 0.1) is 12.4 Å². The van der Waals surface area contributed by atoms with Gasteiger partial charge in [0.15, 0.2) is 0 Å². The number of piperidine rings is 1. The van der Waals surface area contributed by atoms with Gasteiger partial charge in [-0.15, -0.1) is 0 Å². The van der Waals surface area contributed by atoms with Crippen LogP contribution in [0.3, 0.4) is 0 Å². The smallest absolute Gasteiger partial charge is 0.409 e. The Morgan fingerprint density at radius 2 is 1.63 bits per heavy atom. The van der Waals surface area contributed by atoms with Crippen molar-refractivity contribution in [2.45, 2.75) is 25.5 Å². The van der Waals surface area contributed by atoms with Gasteiger partial charge in [-0.3, -0.25) is 4.79 Å². The molecule has 3 rings (SSSR count). The van der Waals surface area contributed by atoms with E-state index in [0.29, 0.717) is 69.3 Å².